The van der Waals surface area contributed by atoms with Crippen LogP contribution in [0.15, 0.2) is 5.10 Å². The van der Waals surface area contributed by atoms with Crippen molar-refractivity contribution in [1.82, 2.24) is 5.43 Å². The molecule has 3 heteroatoms. The molecular formula is C11H18N2O. The molecule has 1 heterocycles. The number of carbonyl (C=O) groups is 1. The van der Waals surface area contributed by atoms with Crippen LogP contribution in [-0.4, -0.2) is 11.6 Å². The van der Waals surface area contributed by atoms with E-state index in [0.29, 0.717) is 0 Å². The van der Waals surface area contributed by atoms with E-state index >= 15 is 0 Å². The van der Waals surface area contributed by atoms with Gasteiger partial charge in [-0.05, 0) is 26.2 Å². The molecule has 0 aromatic heterocycles. The standard InChI is InChI=1S/C11H18N2O/c1-8-11(2,10(14)13-12-8)7-9-5-3-4-6-9/h9H,3-7H2,1-2H3,(H,13,14). The monoisotopic (exact) mass is 194 g/mol. The lowest BCUT2D eigenvalue weighted by atomic mass is 9.77. The summed E-state index contributed by atoms with van der Waals surface area (Å²) < 4.78 is 0. The Hall–Kier alpha value is -0.860. The smallest absolute Gasteiger partial charge is 0.251 e. The van der Waals surface area contributed by atoms with Crippen LogP contribution in [-0.2, 0) is 4.79 Å². The van der Waals surface area contributed by atoms with Gasteiger partial charge in [-0.3, -0.25) is 4.79 Å². The fraction of sp³-hybridized carbons (Fsp3) is 0.818. The first-order chi connectivity index (χ1) is 6.63. The maximum atomic E-state index is 11.7. The van der Waals surface area contributed by atoms with E-state index in [1.165, 1.54) is 25.7 Å². The van der Waals surface area contributed by atoms with Gasteiger partial charge in [-0.2, -0.15) is 5.10 Å². The minimum absolute atomic E-state index is 0.0851. The normalized spacial score (nSPS) is 33.3. The molecule has 2 rings (SSSR count). The van der Waals surface area contributed by atoms with E-state index in [4.69, 9.17) is 0 Å². The van der Waals surface area contributed by atoms with Crippen molar-refractivity contribution in [2.45, 2.75) is 46.0 Å². The van der Waals surface area contributed by atoms with Crippen molar-refractivity contribution in [2.75, 3.05) is 0 Å². The first kappa shape index (κ1) is 9.69. The zero-order valence-electron chi connectivity index (χ0n) is 8.97. The Morgan fingerprint density at radius 1 is 1.50 bits per heavy atom. The summed E-state index contributed by atoms with van der Waals surface area (Å²) >= 11 is 0. The second kappa shape index (κ2) is 3.37. The molecule has 3 nitrogen and oxygen atoms in total. The summed E-state index contributed by atoms with van der Waals surface area (Å²) in [6.45, 7) is 3.97. The highest BCUT2D eigenvalue weighted by molar-refractivity contribution is 6.10. The largest absolute Gasteiger partial charge is 0.272 e. The Kier molecular flexibility index (Phi) is 2.33. The summed E-state index contributed by atoms with van der Waals surface area (Å²) in [7, 11) is 0. The molecular weight excluding hydrogens is 176 g/mol. The molecule has 0 radical (unpaired) electrons. The number of nitrogens with zero attached hydrogens (tertiary/aromatic N) is 1. The Morgan fingerprint density at radius 3 is 2.64 bits per heavy atom. The van der Waals surface area contributed by atoms with Gasteiger partial charge in [0.15, 0.2) is 0 Å². The molecule has 0 spiro atoms. The molecule has 1 aliphatic heterocycles. The molecule has 0 bridgehead atoms. The number of carbonyl (C=O) groups excluding carboxylic acids is 1. The fourth-order valence-electron chi connectivity index (χ4n) is 2.58. The number of nitrogens with one attached hydrogen (secondary N) is 1. The Balaban J connectivity index is 2.07. The van der Waals surface area contributed by atoms with Crippen LogP contribution < -0.4 is 5.43 Å². The van der Waals surface area contributed by atoms with Gasteiger partial charge in [0, 0.05) is 0 Å². The van der Waals surface area contributed by atoms with Gasteiger partial charge in [0.2, 0.25) is 0 Å². The third-order valence-corrected chi connectivity index (χ3v) is 3.80. The van der Waals surface area contributed by atoms with Crippen LogP contribution in [0.3, 0.4) is 0 Å². The minimum atomic E-state index is -0.324. The Labute approximate surface area is 85.0 Å². The van der Waals surface area contributed by atoms with Crippen molar-refractivity contribution in [3.05, 3.63) is 0 Å². The SMILES string of the molecule is CC1=NNC(=O)C1(C)CC1CCCC1. The van der Waals surface area contributed by atoms with Gasteiger partial charge in [0.25, 0.3) is 5.91 Å². The second-order valence-corrected chi connectivity index (χ2v) is 4.82. The number of hydrogen-bond acceptors (Lipinski definition) is 2. The van der Waals surface area contributed by atoms with Gasteiger partial charge in [-0.25, -0.2) is 5.43 Å². The third-order valence-electron chi connectivity index (χ3n) is 3.80. The highest BCUT2D eigenvalue weighted by Gasteiger charge is 2.42. The third kappa shape index (κ3) is 1.45. The molecule has 1 saturated carbocycles. The van der Waals surface area contributed by atoms with Crippen LogP contribution in [0.1, 0.15) is 46.0 Å². The average Bonchev–Trinajstić information content (AvgIpc) is 2.72. The van der Waals surface area contributed by atoms with E-state index in [2.05, 4.69) is 10.5 Å². The van der Waals surface area contributed by atoms with E-state index in [9.17, 15) is 4.79 Å². The molecule has 0 aromatic rings. The topological polar surface area (TPSA) is 41.5 Å². The van der Waals surface area contributed by atoms with Crippen molar-refractivity contribution in [3.8, 4) is 0 Å². The molecule has 0 saturated heterocycles. The first-order valence-corrected chi connectivity index (χ1v) is 5.48. The molecule has 0 aromatic carbocycles. The lowest BCUT2D eigenvalue weighted by Gasteiger charge is -2.24. The van der Waals surface area contributed by atoms with Crippen molar-refractivity contribution in [2.24, 2.45) is 16.4 Å². The quantitative estimate of drug-likeness (QED) is 0.718. The molecule has 1 amide bonds. The van der Waals surface area contributed by atoms with Crippen LogP contribution in [0.2, 0.25) is 0 Å². The van der Waals surface area contributed by atoms with Crippen LogP contribution >= 0.6 is 0 Å². The zero-order valence-corrected chi connectivity index (χ0v) is 8.97. The van der Waals surface area contributed by atoms with E-state index in [1.54, 1.807) is 0 Å². The van der Waals surface area contributed by atoms with Gasteiger partial charge < -0.3 is 0 Å². The summed E-state index contributed by atoms with van der Waals surface area (Å²) in [6, 6.07) is 0. The summed E-state index contributed by atoms with van der Waals surface area (Å²) in [5.41, 5.74) is 3.21. The number of rotatable bonds is 2. The summed E-state index contributed by atoms with van der Waals surface area (Å²) in [6.07, 6.45) is 6.22. The van der Waals surface area contributed by atoms with Crippen molar-refractivity contribution >= 4 is 11.6 Å². The Morgan fingerprint density at radius 2 is 2.14 bits per heavy atom. The van der Waals surface area contributed by atoms with Gasteiger partial charge in [0.1, 0.15) is 0 Å². The molecule has 1 fully saturated rings. The summed E-state index contributed by atoms with van der Waals surface area (Å²) in [4.78, 5) is 11.7. The van der Waals surface area contributed by atoms with Crippen molar-refractivity contribution < 1.29 is 4.79 Å². The first-order valence-electron chi connectivity index (χ1n) is 5.48. The van der Waals surface area contributed by atoms with E-state index in [0.717, 1.165) is 18.1 Å². The number of hydrogen-bond donors (Lipinski definition) is 1. The molecule has 78 valence electrons. The average molecular weight is 194 g/mol. The van der Waals surface area contributed by atoms with Crippen molar-refractivity contribution in [1.29, 1.82) is 0 Å². The predicted molar refractivity (Wildman–Crippen MR) is 55.9 cm³/mol. The fourth-order valence-corrected chi connectivity index (χ4v) is 2.58. The van der Waals surface area contributed by atoms with Crippen molar-refractivity contribution in [3.63, 3.8) is 0 Å². The van der Waals surface area contributed by atoms with Gasteiger partial charge in [-0.1, -0.05) is 25.7 Å². The Bertz CT molecular complexity index is 279. The van der Waals surface area contributed by atoms with E-state index in [1.807, 2.05) is 13.8 Å². The second-order valence-electron chi connectivity index (χ2n) is 4.82. The van der Waals surface area contributed by atoms with E-state index < -0.39 is 0 Å². The van der Waals surface area contributed by atoms with Crippen LogP contribution in [0, 0.1) is 11.3 Å². The highest BCUT2D eigenvalue weighted by Crippen LogP contribution is 2.38. The highest BCUT2D eigenvalue weighted by atomic mass is 16.2. The number of amides is 1. The number of hydrazone groups is 1. The van der Waals surface area contributed by atoms with Gasteiger partial charge >= 0.3 is 0 Å². The molecule has 1 atom stereocenters. The van der Waals surface area contributed by atoms with E-state index in [-0.39, 0.29) is 11.3 Å². The van der Waals surface area contributed by atoms with Crippen LogP contribution in [0.5, 0.6) is 0 Å². The molecule has 2 aliphatic rings. The molecule has 1 unspecified atom stereocenters. The molecule has 1 N–H and O–H groups in total. The predicted octanol–water partition coefficient (Wildman–Crippen LogP) is 2.08. The summed E-state index contributed by atoms with van der Waals surface area (Å²) in [5, 5.41) is 4.03. The van der Waals surface area contributed by atoms with Gasteiger partial charge in [-0.15, -0.1) is 0 Å². The summed E-state index contributed by atoms with van der Waals surface area (Å²) in [5.74, 6) is 0.816. The maximum Gasteiger partial charge on any atom is 0.251 e. The van der Waals surface area contributed by atoms with Crippen LogP contribution in [0.4, 0.5) is 0 Å². The molecule has 1 aliphatic carbocycles. The lowest BCUT2D eigenvalue weighted by Crippen LogP contribution is -2.35. The lowest BCUT2D eigenvalue weighted by molar-refractivity contribution is -0.126. The zero-order chi connectivity index (χ0) is 10.2. The maximum absolute atomic E-state index is 11.7. The van der Waals surface area contributed by atoms with Crippen LogP contribution in [0.25, 0.3) is 0 Å². The minimum Gasteiger partial charge on any atom is -0.272 e. The molecule has 14 heavy (non-hydrogen) atoms. The van der Waals surface area contributed by atoms with Gasteiger partial charge in [0.05, 0.1) is 11.1 Å².